The molecule has 0 radical (unpaired) electrons. The van der Waals surface area contributed by atoms with E-state index in [9.17, 15) is 4.79 Å². The van der Waals surface area contributed by atoms with E-state index in [1.165, 1.54) is 0 Å². The summed E-state index contributed by atoms with van der Waals surface area (Å²) in [6.07, 6.45) is 3.22. The van der Waals surface area contributed by atoms with Crippen molar-refractivity contribution in [1.29, 1.82) is 0 Å². The average molecular weight is 322 g/mol. The summed E-state index contributed by atoms with van der Waals surface area (Å²) in [5.74, 6) is 1.23. The second-order valence-corrected chi connectivity index (χ2v) is 6.40. The lowest BCUT2D eigenvalue weighted by atomic mass is 10.2. The Hall–Kier alpha value is -2.69. The van der Waals surface area contributed by atoms with Gasteiger partial charge in [-0.3, -0.25) is 9.78 Å². The summed E-state index contributed by atoms with van der Waals surface area (Å²) in [7, 11) is 0. The molecular weight excluding hydrogens is 300 g/mol. The predicted molar refractivity (Wildman–Crippen MR) is 94.7 cm³/mol. The van der Waals surface area contributed by atoms with E-state index < -0.39 is 0 Å². The van der Waals surface area contributed by atoms with Gasteiger partial charge in [-0.1, -0.05) is 26.0 Å². The van der Waals surface area contributed by atoms with Crippen molar-refractivity contribution in [2.45, 2.75) is 33.4 Å². The Bertz CT molecular complexity index is 839. The zero-order chi connectivity index (χ0) is 17.1. The summed E-state index contributed by atoms with van der Waals surface area (Å²) >= 11 is 0. The number of fused-ring (bicyclic) bond motifs is 1. The van der Waals surface area contributed by atoms with E-state index in [2.05, 4.69) is 34.8 Å². The first-order valence-corrected chi connectivity index (χ1v) is 8.22. The van der Waals surface area contributed by atoms with Crippen LogP contribution in [0.15, 0.2) is 48.8 Å². The van der Waals surface area contributed by atoms with Crippen molar-refractivity contribution in [3.63, 3.8) is 0 Å². The van der Waals surface area contributed by atoms with Gasteiger partial charge >= 0.3 is 0 Å². The zero-order valence-corrected chi connectivity index (χ0v) is 14.2. The number of benzene rings is 1. The molecule has 1 N–H and O–H groups in total. The fourth-order valence-electron chi connectivity index (χ4n) is 2.82. The minimum Gasteiger partial charge on any atom is -0.342 e. The molecular formula is C19H22N4O. The first-order chi connectivity index (χ1) is 11.6. The van der Waals surface area contributed by atoms with Gasteiger partial charge < -0.3 is 9.88 Å². The summed E-state index contributed by atoms with van der Waals surface area (Å²) in [5, 5.41) is 3.02. The number of carbonyl (C=O) groups excluding carboxylic acids is 1. The molecule has 24 heavy (non-hydrogen) atoms. The maximum Gasteiger partial charge on any atom is 0.253 e. The molecule has 0 spiro atoms. The fraction of sp³-hybridized carbons (Fsp3) is 0.316. The molecule has 3 aromatic rings. The quantitative estimate of drug-likeness (QED) is 0.781. The lowest BCUT2D eigenvalue weighted by molar-refractivity contribution is 0.0937. The van der Waals surface area contributed by atoms with Crippen LogP contribution in [0.5, 0.6) is 0 Å². The standard InChI is InChI=1S/C19H22N4O/c1-13(2)12-23-17-9-5-4-8-16(17)22-18(23)14(3)21-19(24)15-7-6-10-20-11-15/h4-11,13-14H,12H2,1-3H3,(H,21,24). The third-order valence-corrected chi connectivity index (χ3v) is 3.89. The minimum atomic E-state index is -0.191. The van der Waals surface area contributed by atoms with E-state index in [0.717, 1.165) is 23.4 Å². The van der Waals surface area contributed by atoms with Crippen LogP contribution in [0.4, 0.5) is 0 Å². The van der Waals surface area contributed by atoms with Crippen molar-refractivity contribution in [2.75, 3.05) is 0 Å². The Kier molecular flexibility index (Phi) is 4.60. The van der Waals surface area contributed by atoms with Crippen molar-refractivity contribution in [3.8, 4) is 0 Å². The summed E-state index contributed by atoms with van der Waals surface area (Å²) < 4.78 is 2.20. The number of nitrogens with zero attached hydrogens (tertiary/aromatic N) is 3. The maximum absolute atomic E-state index is 12.4. The van der Waals surface area contributed by atoms with Crippen LogP contribution in [0.25, 0.3) is 11.0 Å². The molecule has 0 saturated carbocycles. The summed E-state index contributed by atoms with van der Waals surface area (Å²) in [4.78, 5) is 21.1. The van der Waals surface area contributed by atoms with Gasteiger partial charge in [-0.25, -0.2) is 4.98 Å². The molecule has 0 aliphatic heterocycles. The van der Waals surface area contributed by atoms with Gasteiger partial charge in [0.25, 0.3) is 5.91 Å². The monoisotopic (exact) mass is 322 g/mol. The first-order valence-electron chi connectivity index (χ1n) is 8.22. The van der Waals surface area contributed by atoms with Crippen molar-refractivity contribution < 1.29 is 4.79 Å². The van der Waals surface area contributed by atoms with Gasteiger partial charge in [0.2, 0.25) is 0 Å². The largest absolute Gasteiger partial charge is 0.342 e. The molecule has 0 fully saturated rings. The molecule has 124 valence electrons. The van der Waals surface area contributed by atoms with Crippen LogP contribution in [0, 0.1) is 5.92 Å². The summed E-state index contributed by atoms with van der Waals surface area (Å²) in [6.45, 7) is 7.18. The van der Waals surface area contributed by atoms with Crippen molar-refractivity contribution >= 4 is 16.9 Å². The summed E-state index contributed by atoms with van der Waals surface area (Å²) in [6, 6.07) is 11.4. The van der Waals surface area contributed by atoms with Gasteiger partial charge in [0.05, 0.1) is 22.6 Å². The van der Waals surface area contributed by atoms with Gasteiger partial charge in [0.1, 0.15) is 5.82 Å². The number of rotatable bonds is 5. The number of hydrogen-bond donors (Lipinski definition) is 1. The minimum absolute atomic E-state index is 0.140. The number of amides is 1. The molecule has 5 heteroatoms. The van der Waals surface area contributed by atoms with Gasteiger partial charge in [0, 0.05) is 18.9 Å². The first kappa shape index (κ1) is 16.2. The number of nitrogens with one attached hydrogen (secondary N) is 1. The van der Waals surface area contributed by atoms with Crippen LogP contribution in [0.2, 0.25) is 0 Å². The number of para-hydroxylation sites is 2. The van der Waals surface area contributed by atoms with E-state index in [4.69, 9.17) is 4.98 Å². The molecule has 3 rings (SSSR count). The highest BCUT2D eigenvalue weighted by molar-refractivity contribution is 5.94. The molecule has 1 aromatic carbocycles. The van der Waals surface area contributed by atoms with Crippen molar-refractivity contribution in [2.24, 2.45) is 5.92 Å². The Balaban J connectivity index is 1.91. The van der Waals surface area contributed by atoms with E-state index in [0.29, 0.717) is 11.5 Å². The van der Waals surface area contributed by atoms with Crippen LogP contribution in [-0.2, 0) is 6.54 Å². The van der Waals surface area contributed by atoms with Crippen LogP contribution in [0.1, 0.15) is 43.0 Å². The normalized spacial score (nSPS) is 12.5. The highest BCUT2D eigenvalue weighted by atomic mass is 16.1. The number of pyridine rings is 1. The predicted octanol–water partition coefficient (Wildman–Crippen LogP) is 3.58. The van der Waals surface area contributed by atoms with Crippen LogP contribution in [-0.4, -0.2) is 20.4 Å². The topological polar surface area (TPSA) is 59.8 Å². The smallest absolute Gasteiger partial charge is 0.253 e. The van der Waals surface area contributed by atoms with E-state index >= 15 is 0 Å². The Morgan fingerprint density at radius 1 is 1.17 bits per heavy atom. The maximum atomic E-state index is 12.4. The molecule has 0 saturated heterocycles. The Labute approximate surface area is 141 Å². The number of aromatic nitrogens is 3. The lowest BCUT2D eigenvalue weighted by Gasteiger charge is -2.17. The molecule has 1 unspecified atom stereocenters. The molecule has 1 amide bonds. The van der Waals surface area contributed by atoms with Gasteiger partial charge in [-0.2, -0.15) is 0 Å². The SMILES string of the molecule is CC(C)Cn1c(C(C)NC(=O)c2cccnc2)nc2ccccc21. The van der Waals surface area contributed by atoms with Crippen LogP contribution < -0.4 is 5.32 Å². The van der Waals surface area contributed by atoms with E-state index in [1.54, 1.807) is 24.5 Å². The second kappa shape index (κ2) is 6.83. The molecule has 1 atom stereocenters. The van der Waals surface area contributed by atoms with Gasteiger partial charge in [0.15, 0.2) is 0 Å². The number of hydrogen-bond acceptors (Lipinski definition) is 3. The molecule has 0 bridgehead atoms. The Morgan fingerprint density at radius 3 is 2.67 bits per heavy atom. The third kappa shape index (κ3) is 3.30. The highest BCUT2D eigenvalue weighted by Gasteiger charge is 2.19. The molecule has 2 heterocycles. The van der Waals surface area contributed by atoms with E-state index in [-0.39, 0.29) is 11.9 Å². The fourth-order valence-corrected chi connectivity index (χ4v) is 2.82. The van der Waals surface area contributed by atoms with Crippen LogP contribution >= 0.6 is 0 Å². The zero-order valence-electron chi connectivity index (χ0n) is 14.2. The number of carbonyl (C=O) groups is 1. The third-order valence-electron chi connectivity index (χ3n) is 3.89. The molecule has 0 aliphatic carbocycles. The van der Waals surface area contributed by atoms with E-state index in [1.807, 2.05) is 25.1 Å². The molecule has 5 nitrogen and oxygen atoms in total. The average Bonchev–Trinajstić information content (AvgIpc) is 2.94. The summed E-state index contributed by atoms with van der Waals surface area (Å²) in [5.41, 5.74) is 2.61. The van der Waals surface area contributed by atoms with Crippen molar-refractivity contribution in [1.82, 2.24) is 19.9 Å². The molecule has 0 aliphatic rings. The second-order valence-electron chi connectivity index (χ2n) is 6.40. The highest BCUT2D eigenvalue weighted by Crippen LogP contribution is 2.22. The van der Waals surface area contributed by atoms with Gasteiger partial charge in [-0.15, -0.1) is 0 Å². The lowest BCUT2D eigenvalue weighted by Crippen LogP contribution is -2.29. The van der Waals surface area contributed by atoms with Gasteiger partial charge in [-0.05, 0) is 37.1 Å². The number of imidazole rings is 1. The Morgan fingerprint density at radius 2 is 1.96 bits per heavy atom. The van der Waals surface area contributed by atoms with Crippen molar-refractivity contribution in [3.05, 3.63) is 60.2 Å². The van der Waals surface area contributed by atoms with Crippen LogP contribution in [0.3, 0.4) is 0 Å². The molecule has 2 aromatic heterocycles.